The van der Waals surface area contributed by atoms with E-state index in [0.717, 1.165) is 67.2 Å². The molecule has 0 unspecified atom stereocenters. The summed E-state index contributed by atoms with van der Waals surface area (Å²) in [5.41, 5.74) is 2.54. The number of rotatable bonds is 10. The monoisotopic (exact) mass is 560 g/mol. The molecule has 4 aromatic carbocycles. The van der Waals surface area contributed by atoms with Gasteiger partial charge in [-0.2, -0.15) is 0 Å². The van der Waals surface area contributed by atoms with Crippen LogP contribution in [0.2, 0.25) is 0 Å². The van der Waals surface area contributed by atoms with Gasteiger partial charge in [0.15, 0.2) is 23.0 Å². The molecule has 5 rings (SSSR count). The lowest BCUT2D eigenvalue weighted by atomic mass is 10.0. The maximum Gasteiger partial charge on any atom is 0.203 e. The summed E-state index contributed by atoms with van der Waals surface area (Å²) in [7, 11) is 9.90. The van der Waals surface area contributed by atoms with Crippen LogP contribution in [-0.4, -0.2) is 78.6 Å². The number of fused-ring (bicyclic) bond motifs is 2. The minimum atomic E-state index is 0.618. The van der Waals surface area contributed by atoms with E-state index in [9.17, 15) is 0 Å². The Labute approximate surface area is 242 Å². The van der Waals surface area contributed by atoms with Crippen molar-refractivity contribution in [1.29, 1.82) is 0 Å². The maximum atomic E-state index is 5.68. The molecule has 1 aliphatic rings. The van der Waals surface area contributed by atoms with Gasteiger partial charge in [0.05, 0.1) is 42.7 Å². The van der Waals surface area contributed by atoms with Gasteiger partial charge in [0.25, 0.3) is 0 Å². The van der Waals surface area contributed by atoms with Crippen molar-refractivity contribution in [1.82, 2.24) is 9.80 Å². The average molecular weight is 561 g/mol. The van der Waals surface area contributed by atoms with Gasteiger partial charge in [0.2, 0.25) is 11.5 Å². The molecule has 1 fully saturated rings. The molecule has 8 nitrogen and oxygen atoms in total. The molecule has 0 spiro atoms. The van der Waals surface area contributed by atoms with E-state index in [-0.39, 0.29) is 0 Å². The number of ether oxygens (including phenoxy) is 6. The molecule has 218 valence electrons. The van der Waals surface area contributed by atoms with Gasteiger partial charge in [-0.25, -0.2) is 0 Å². The normalized spacial score (nSPS) is 14.6. The highest BCUT2D eigenvalue weighted by atomic mass is 16.5. The highest BCUT2D eigenvalue weighted by molar-refractivity contribution is 5.94. The number of benzene rings is 4. The maximum absolute atomic E-state index is 5.68. The standard InChI is InChI=1S/C33H40N2O6/c1-36-28-18-24-16-22(8-10-26(24)30(38-3)32(28)40-5)20-34-12-7-13-35(15-14-34)21-23-9-11-27-25(17-23)19-29(37-2)33(41-6)31(27)39-4/h8-11,16-19H,7,12-15,20-21H2,1-6H3. The van der Waals surface area contributed by atoms with Crippen LogP contribution in [0.4, 0.5) is 0 Å². The lowest BCUT2D eigenvalue weighted by Crippen LogP contribution is -2.30. The van der Waals surface area contributed by atoms with E-state index in [1.807, 2.05) is 12.1 Å². The van der Waals surface area contributed by atoms with Gasteiger partial charge < -0.3 is 28.4 Å². The summed E-state index contributed by atoms with van der Waals surface area (Å²) in [5.74, 6) is 3.97. The molecule has 8 heteroatoms. The van der Waals surface area contributed by atoms with Crippen LogP contribution in [0.15, 0.2) is 48.5 Å². The van der Waals surface area contributed by atoms with Crippen LogP contribution < -0.4 is 28.4 Å². The molecule has 41 heavy (non-hydrogen) atoms. The zero-order valence-corrected chi connectivity index (χ0v) is 24.9. The summed E-state index contributed by atoms with van der Waals surface area (Å²) in [6, 6.07) is 17.1. The number of methoxy groups -OCH3 is 6. The van der Waals surface area contributed by atoms with Crippen molar-refractivity contribution in [3.63, 3.8) is 0 Å². The molecule has 0 aliphatic carbocycles. The van der Waals surface area contributed by atoms with E-state index in [1.165, 1.54) is 11.1 Å². The first-order valence-corrected chi connectivity index (χ1v) is 13.9. The Morgan fingerprint density at radius 2 is 0.902 bits per heavy atom. The number of nitrogens with zero attached hydrogens (tertiary/aromatic N) is 2. The first-order chi connectivity index (χ1) is 20.0. The highest BCUT2D eigenvalue weighted by Gasteiger charge is 2.20. The summed E-state index contributed by atoms with van der Waals surface area (Å²) in [6.45, 7) is 5.96. The smallest absolute Gasteiger partial charge is 0.203 e. The zero-order chi connectivity index (χ0) is 28.9. The van der Waals surface area contributed by atoms with Crippen LogP contribution in [0.3, 0.4) is 0 Å². The Balaban J connectivity index is 1.28. The van der Waals surface area contributed by atoms with Crippen LogP contribution >= 0.6 is 0 Å². The van der Waals surface area contributed by atoms with E-state index >= 15 is 0 Å². The first kappa shape index (κ1) is 28.6. The largest absolute Gasteiger partial charge is 0.493 e. The molecule has 0 aromatic heterocycles. The topological polar surface area (TPSA) is 61.9 Å². The predicted octanol–water partition coefficient (Wildman–Crippen LogP) is 5.75. The molecule has 1 saturated heterocycles. The van der Waals surface area contributed by atoms with E-state index in [1.54, 1.807) is 42.7 Å². The fourth-order valence-electron chi connectivity index (χ4n) is 5.91. The van der Waals surface area contributed by atoms with Crippen molar-refractivity contribution in [2.45, 2.75) is 19.5 Å². The third-order valence-corrected chi connectivity index (χ3v) is 7.90. The van der Waals surface area contributed by atoms with Crippen LogP contribution in [0, 0.1) is 0 Å². The number of hydrogen-bond acceptors (Lipinski definition) is 8. The number of hydrogen-bond donors (Lipinski definition) is 0. The summed E-state index contributed by atoms with van der Waals surface area (Å²) in [4.78, 5) is 5.09. The quantitative estimate of drug-likeness (QED) is 0.243. The van der Waals surface area contributed by atoms with Crippen molar-refractivity contribution in [2.24, 2.45) is 0 Å². The van der Waals surface area contributed by atoms with Gasteiger partial charge in [-0.1, -0.05) is 24.3 Å². The first-order valence-electron chi connectivity index (χ1n) is 13.9. The van der Waals surface area contributed by atoms with Gasteiger partial charge in [-0.3, -0.25) is 9.80 Å². The van der Waals surface area contributed by atoms with E-state index in [4.69, 9.17) is 28.4 Å². The molecule has 0 atom stereocenters. The van der Waals surface area contributed by atoms with Gasteiger partial charge in [-0.15, -0.1) is 0 Å². The molecule has 1 heterocycles. The van der Waals surface area contributed by atoms with Crippen LogP contribution in [-0.2, 0) is 13.1 Å². The molecular weight excluding hydrogens is 520 g/mol. The molecule has 4 aromatic rings. The van der Waals surface area contributed by atoms with E-state index in [2.05, 4.69) is 46.2 Å². The van der Waals surface area contributed by atoms with Gasteiger partial charge >= 0.3 is 0 Å². The molecule has 0 radical (unpaired) electrons. The lowest BCUT2D eigenvalue weighted by molar-refractivity contribution is 0.247. The highest BCUT2D eigenvalue weighted by Crippen LogP contribution is 2.44. The minimum absolute atomic E-state index is 0.618. The van der Waals surface area contributed by atoms with Crippen LogP contribution in [0.5, 0.6) is 34.5 Å². The summed E-state index contributed by atoms with van der Waals surface area (Å²) in [6.07, 6.45) is 1.12. The molecular formula is C33H40N2O6. The molecule has 0 N–H and O–H groups in total. The Hall–Kier alpha value is -3.88. The summed E-state index contributed by atoms with van der Waals surface area (Å²) < 4.78 is 33.6. The Kier molecular flexibility index (Phi) is 8.90. The van der Waals surface area contributed by atoms with E-state index in [0.29, 0.717) is 34.5 Å². The van der Waals surface area contributed by atoms with E-state index < -0.39 is 0 Å². The van der Waals surface area contributed by atoms with Gasteiger partial charge in [0, 0.05) is 37.0 Å². The summed E-state index contributed by atoms with van der Waals surface area (Å²) >= 11 is 0. The lowest BCUT2D eigenvalue weighted by Gasteiger charge is -2.22. The van der Waals surface area contributed by atoms with Gasteiger partial charge in [0.1, 0.15) is 0 Å². The van der Waals surface area contributed by atoms with Crippen molar-refractivity contribution < 1.29 is 28.4 Å². The SMILES string of the molecule is COc1cc2cc(CN3CCCN(Cc4ccc5c(OC)c(OC)c(OC)cc5c4)CC3)ccc2c(OC)c1OC. The Bertz CT molecular complexity index is 1410. The fourth-order valence-corrected chi connectivity index (χ4v) is 5.91. The zero-order valence-electron chi connectivity index (χ0n) is 24.9. The fraction of sp³-hybridized carbons (Fsp3) is 0.394. The second-order valence-electron chi connectivity index (χ2n) is 10.3. The van der Waals surface area contributed by atoms with Crippen molar-refractivity contribution in [3.8, 4) is 34.5 Å². The molecule has 0 amide bonds. The average Bonchev–Trinajstić information content (AvgIpc) is 3.23. The second-order valence-corrected chi connectivity index (χ2v) is 10.3. The van der Waals surface area contributed by atoms with Crippen molar-refractivity contribution in [2.75, 3.05) is 68.8 Å². The summed E-state index contributed by atoms with van der Waals surface area (Å²) in [5, 5.41) is 4.19. The minimum Gasteiger partial charge on any atom is -0.493 e. The molecule has 1 aliphatic heterocycles. The van der Waals surface area contributed by atoms with Gasteiger partial charge in [-0.05, 0) is 65.7 Å². The third kappa shape index (κ3) is 5.80. The third-order valence-electron chi connectivity index (χ3n) is 7.90. The molecule has 0 saturated carbocycles. The molecule has 0 bridgehead atoms. The second kappa shape index (κ2) is 12.7. The Morgan fingerprint density at radius 3 is 1.27 bits per heavy atom. The van der Waals surface area contributed by atoms with Crippen LogP contribution in [0.25, 0.3) is 21.5 Å². The van der Waals surface area contributed by atoms with Crippen molar-refractivity contribution >= 4 is 21.5 Å². The predicted molar refractivity (Wildman–Crippen MR) is 162 cm³/mol. The Morgan fingerprint density at radius 1 is 0.488 bits per heavy atom. The van der Waals surface area contributed by atoms with Crippen molar-refractivity contribution in [3.05, 3.63) is 59.7 Å². The van der Waals surface area contributed by atoms with Crippen LogP contribution in [0.1, 0.15) is 17.5 Å².